The van der Waals surface area contributed by atoms with E-state index >= 15 is 0 Å². The summed E-state index contributed by atoms with van der Waals surface area (Å²) in [6.07, 6.45) is 0. The second-order valence-electron chi connectivity index (χ2n) is 4.86. The van der Waals surface area contributed by atoms with E-state index in [9.17, 15) is 0 Å². The molecule has 2 N–H and O–H groups in total. The molecule has 0 atom stereocenters. The van der Waals surface area contributed by atoms with Gasteiger partial charge in [-0.15, -0.1) is 0 Å². The SMILES string of the molecule is CNCC(C)(C)Nc1ccc(C)cc1C. The molecule has 0 fully saturated rings. The maximum Gasteiger partial charge on any atom is 0.0441 e. The number of aryl methyl sites for hydroxylation is 2. The third kappa shape index (κ3) is 3.56. The molecule has 2 heteroatoms. The van der Waals surface area contributed by atoms with Crippen molar-refractivity contribution in [2.75, 3.05) is 18.9 Å². The minimum atomic E-state index is 0.0781. The average molecular weight is 206 g/mol. The minimum Gasteiger partial charge on any atom is -0.379 e. The summed E-state index contributed by atoms with van der Waals surface area (Å²) in [5, 5.41) is 6.75. The van der Waals surface area contributed by atoms with Crippen molar-refractivity contribution in [1.29, 1.82) is 0 Å². The molecule has 0 aliphatic heterocycles. The molecule has 0 heterocycles. The van der Waals surface area contributed by atoms with Crippen LogP contribution in [0.2, 0.25) is 0 Å². The summed E-state index contributed by atoms with van der Waals surface area (Å²) in [4.78, 5) is 0. The number of nitrogens with one attached hydrogen (secondary N) is 2. The molecular weight excluding hydrogens is 184 g/mol. The van der Waals surface area contributed by atoms with Crippen LogP contribution in [0.3, 0.4) is 0 Å². The molecule has 0 aliphatic rings. The quantitative estimate of drug-likeness (QED) is 0.791. The molecule has 0 aliphatic carbocycles. The lowest BCUT2D eigenvalue weighted by Gasteiger charge is -2.28. The first kappa shape index (κ1) is 12.1. The zero-order valence-electron chi connectivity index (χ0n) is 10.4. The highest BCUT2D eigenvalue weighted by Crippen LogP contribution is 2.20. The van der Waals surface area contributed by atoms with Gasteiger partial charge in [-0.2, -0.15) is 0 Å². The van der Waals surface area contributed by atoms with E-state index < -0.39 is 0 Å². The third-order valence-corrected chi connectivity index (χ3v) is 2.47. The van der Waals surface area contributed by atoms with Gasteiger partial charge in [0.1, 0.15) is 0 Å². The molecule has 0 saturated carbocycles. The van der Waals surface area contributed by atoms with Gasteiger partial charge in [-0.05, 0) is 46.4 Å². The Balaban J connectivity index is 2.80. The molecule has 0 unspecified atom stereocenters. The summed E-state index contributed by atoms with van der Waals surface area (Å²) in [7, 11) is 1.98. The van der Waals surface area contributed by atoms with Gasteiger partial charge in [-0.3, -0.25) is 0 Å². The summed E-state index contributed by atoms with van der Waals surface area (Å²) in [5.41, 5.74) is 3.92. The molecule has 0 aromatic heterocycles. The van der Waals surface area contributed by atoms with Gasteiger partial charge in [0.2, 0.25) is 0 Å². The predicted molar refractivity (Wildman–Crippen MR) is 67.5 cm³/mol. The molecule has 0 bridgehead atoms. The number of benzene rings is 1. The molecule has 0 amide bonds. The molecule has 1 rings (SSSR count). The number of hydrogen-bond donors (Lipinski definition) is 2. The smallest absolute Gasteiger partial charge is 0.0441 e. The standard InChI is InChI=1S/C13H22N2/c1-10-6-7-12(11(2)8-10)15-13(3,4)9-14-5/h6-8,14-15H,9H2,1-5H3. The van der Waals surface area contributed by atoms with Gasteiger partial charge < -0.3 is 10.6 Å². The van der Waals surface area contributed by atoms with E-state index in [0.717, 1.165) is 6.54 Å². The maximum atomic E-state index is 3.55. The van der Waals surface area contributed by atoms with Crippen molar-refractivity contribution in [2.45, 2.75) is 33.2 Å². The van der Waals surface area contributed by atoms with E-state index in [2.05, 4.69) is 56.5 Å². The second-order valence-corrected chi connectivity index (χ2v) is 4.86. The second kappa shape index (κ2) is 4.67. The van der Waals surface area contributed by atoms with Gasteiger partial charge in [0.25, 0.3) is 0 Å². The van der Waals surface area contributed by atoms with Gasteiger partial charge >= 0.3 is 0 Å². The normalized spacial score (nSPS) is 11.5. The maximum absolute atomic E-state index is 3.55. The van der Waals surface area contributed by atoms with Crippen LogP contribution in [0.15, 0.2) is 18.2 Å². The minimum absolute atomic E-state index is 0.0781. The lowest BCUT2D eigenvalue weighted by Crippen LogP contribution is -2.40. The number of anilines is 1. The zero-order chi connectivity index (χ0) is 11.5. The Hall–Kier alpha value is -1.02. The highest BCUT2D eigenvalue weighted by Gasteiger charge is 2.16. The predicted octanol–water partition coefficient (Wildman–Crippen LogP) is 2.71. The fourth-order valence-electron chi connectivity index (χ4n) is 1.80. The first-order chi connectivity index (χ1) is 6.94. The van der Waals surface area contributed by atoms with Gasteiger partial charge in [0.05, 0.1) is 0 Å². The average Bonchev–Trinajstić information content (AvgIpc) is 2.09. The van der Waals surface area contributed by atoms with Crippen molar-refractivity contribution in [3.05, 3.63) is 29.3 Å². The summed E-state index contributed by atoms with van der Waals surface area (Å²) in [5.74, 6) is 0. The van der Waals surface area contributed by atoms with Crippen LogP contribution in [0.4, 0.5) is 5.69 Å². The molecule has 0 spiro atoms. The number of likely N-dealkylation sites (N-methyl/N-ethyl adjacent to an activating group) is 1. The number of rotatable bonds is 4. The molecular formula is C13H22N2. The van der Waals surface area contributed by atoms with Crippen molar-refractivity contribution in [3.63, 3.8) is 0 Å². The molecule has 1 aromatic carbocycles. The molecule has 0 radical (unpaired) electrons. The van der Waals surface area contributed by atoms with Crippen LogP contribution < -0.4 is 10.6 Å². The Morgan fingerprint density at radius 1 is 1.20 bits per heavy atom. The monoisotopic (exact) mass is 206 g/mol. The van der Waals surface area contributed by atoms with E-state index in [1.807, 2.05) is 7.05 Å². The largest absolute Gasteiger partial charge is 0.379 e. The third-order valence-electron chi connectivity index (χ3n) is 2.47. The van der Waals surface area contributed by atoms with Crippen LogP contribution in [-0.2, 0) is 0 Å². The van der Waals surface area contributed by atoms with Crippen LogP contribution in [0.1, 0.15) is 25.0 Å². The fraction of sp³-hybridized carbons (Fsp3) is 0.538. The number of hydrogen-bond acceptors (Lipinski definition) is 2. The van der Waals surface area contributed by atoms with Gasteiger partial charge in [0, 0.05) is 17.8 Å². The molecule has 2 nitrogen and oxygen atoms in total. The van der Waals surface area contributed by atoms with E-state index in [1.54, 1.807) is 0 Å². The van der Waals surface area contributed by atoms with Crippen molar-refractivity contribution in [3.8, 4) is 0 Å². The van der Waals surface area contributed by atoms with Crippen LogP contribution in [0, 0.1) is 13.8 Å². The summed E-state index contributed by atoms with van der Waals surface area (Å²) in [6.45, 7) is 9.60. The molecule has 0 saturated heterocycles. The zero-order valence-corrected chi connectivity index (χ0v) is 10.4. The molecule has 1 aromatic rings. The van der Waals surface area contributed by atoms with Crippen LogP contribution in [0.5, 0.6) is 0 Å². The summed E-state index contributed by atoms with van der Waals surface area (Å²) >= 11 is 0. The van der Waals surface area contributed by atoms with Crippen LogP contribution in [0.25, 0.3) is 0 Å². The molecule has 15 heavy (non-hydrogen) atoms. The Labute approximate surface area is 93.1 Å². The molecule has 84 valence electrons. The summed E-state index contributed by atoms with van der Waals surface area (Å²) in [6, 6.07) is 6.50. The summed E-state index contributed by atoms with van der Waals surface area (Å²) < 4.78 is 0. The van der Waals surface area contributed by atoms with Crippen molar-refractivity contribution >= 4 is 5.69 Å². The van der Waals surface area contributed by atoms with Gasteiger partial charge in [-0.25, -0.2) is 0 Å². The highest BCUT2D eigenvalue weighted by atomic mass is 15.0. The Morgan fingerprint density at radius 2 is 1.87 bits per heavy atom. The van der Waals surface area contributed by atoms with Gasteiger partial charge in [0.15, 0.2) is 0 Å². The van der Waals surface area contributed by atoms with Crippen molar-refractivity contribution in [2.24, 2.45) is 0 Å². The Kier molecular flexibility index (Phi) is 3.75. The Morgan fingerprint density at radius 3 is 2.40 bits per heavy atom. The first-order valence-corrected chi connectivity index (χ1v) is 5.45. The van der Waals surface area contributed by atoms with Crippen molar-refractivity contribution < 1.29 is 0 Å². The lowest BCUT2D eigenvalue weighted by molar-refractivity contribution is 0.530. The van der Waals surface area contributed by atoms with Gasteiger partial charge in [-0.1, -0.05) is 17.7 Å². The fourth-order valence-corrected chi connectivity index (χ4v) is 1.80. The lowest BCUT2D eigenvalue weighted by atomic mass is 10.0. The van der Waals surface area contributed by atoms with E-state index in [0.29, 0.717) is 0 Å². The Bertz CT molecular complexity index is 329. The van der Waals surface area contributed by atoms with E-state index in [-0.39, 0.29) is 5.54 Å². The van der Waals surface area contributed by atoms with Crippen LogP contribution >= 0.6 is 0 Å². The first-order valence-electron chi connectivity index (χ1n) is 5.45. The van der Waals surface area contributed by atoms with Crippen LogP contribution in [-0.4, -0.2) is 19.1 Å². The van der Waals surface area contributed by atoms with E-state index in [4.69, 9.17) is 0 Å². The van der Waals surface area contributed by atoms with Crippen molar-refractivity contribution in [1.82, 2.24) is 5.32 Å². The van der Waals surface area contributed by atoms with E-state index in [1.165, 1.54) is 16.8 Å². The highest BCUT2D eigenvalue weighted by molar-refractivity contribution is 5.53. The topological polar surface area (TPSA) is 24.1 Å².